The van der Waals surface area contributed by atoms with Gasteiger partial charge >= 0.3 is 0 Å². The van der Waals surface area contributed by atoms with E-state index in [0.29, 0.717) is 30.6 Å². The summed E-state index contributed by atoms with van der Waals surface area (Å²) in [6, 6.07) is 12.4. The van der Waals surface area contributed by atoms with Gasteiger partial charge in [-0.25, -0.2) is 13.1 Å². The highest BCUT2D eigenvalue weighted by atomic mass is 32.2. The topological polar surface area (TPSA) is 64.6 Å². The summed E-state index contributed by atoms with van der Waals surface area (Å²) in [7, 11) is -3.57. The SMILES string of the molecule is CC(C)c1ccc(S(=O)(=O)NCc2cccc3c2OCCO3)cc1. The minimum atomic E-state index is -3.57. The standard InChI is InChI=1S/C18H21NO4S/c1-13(2)14-6-8-16(9-7-14)24(20,21)19-12-15-4-3-5-17-18(15)23-11-10-22-17/h3-9,13,19H,10-12H2,1-2H3. The lowest BCUT2D eigenvalue weighted by molar-refractivity contribution is 0.170. The van der Waals surface area contributed by atoms with E-state index < -0.39 is 10.0 Å². The number of para-hydroxylation sites is 1. The lowest BCUT2D eigenvalue weighted by Crippen LogP contribution is -2.24. The van der Waals surface area contributed by atoms with E-state index in [-0.39, 0.29) is 11.4 Å². The Hall–Kier alpha value is -2.05. The van der Waals surface area contributed by atoms with Crippen molar-refractivity contribution in [2.24, 2.45) is 0 Å². The summed E-state index contributed by atoms with van der Waals surface area (Å²) in [5.41, 5.74) is 1.87. The highest BCUT2D eigenvalue weighted by Crippen LogP contribution is 2.33. The van der Waals surface area contributed by atoms with Crippen molar-refractivity contribution in [1.29, 1.82) is 0 Å². The first-order valence-corrected chi connectivity index (χ1v) is 9.43. The lowest BCUT2D eigenvalue weighted by atomic mass is 10.0. The Bertz CT molecular complexity index is 813. The van der Waals surface area contributed by atoms with Gasteiger partial charge < -0.3 is 9.47 Å². The van der Waals surface area contributed by atoms with Crippen molar-refractivity contribution in [3.8, 4) is 11.5 Å². The summed E-state index contributed by atoms with van der Waals surface area (Å²) >= 11 is 0. The minimum absolute atomic E-state index is 0.154. The van der Waals surface area contributed by atoms with E-state index >= 15 is 0 Å². The van der Waals surface area contributed by atoms with Crippen LogP contribution in [0.15, 0.2) is 47.4 Å². The molecule has 24 heavy (non-hydrogen) atoms. The summed E-state index contributed by atoms with van der Waals surface area (Å²) in [4.78, 5) is 0.258. The third-order valence-corrected chi connectivity index (χ3v) is 5.37. The fourth-order valence-corrected chi connectivity index (χ4v) is 3.57. The van der Waals surface area contributed by atoms with Gasteiger partial charge in [-0.15, -0.1) is 0 Å². The highest BCUT2D eigenvalue weighted by molar-refractivity contribution is 7.89. The number of hydrogen-bond donors (Lipinski definition) is 1. The molecule has 0 aromatic heterocycles. The summed E-state index contributed by atoms with van der Waals surface area (Å²) < 4.78 is 38.7. The van der Waals surface area contributed by atoms with Gasteiger partial charge in [-0.1, -0.05) is 38.1 Å². The number of ether oxygens (including phenoxy) is 2. The van der Waals surface area contributed by atoms with Gasteiger partial charge in [0.1, 0.15) is 13.2 Å². The van der Waals surface area contributed by atoms with Crippen LogP contribution in [0.4, 0.5) is 0 Å². The van der Waals surface area contributed by atoms with Gasteiger partial charge in [-0.05, 0) is 29.7 Å². The third kappa shape index (κ3) is 3.55. The molecule has 0 amide bonds. The maximum Gasteiger partial charge on any atom is 0.240 e. The van der Waals surface area contributed by atoms with E-state index in [2.05, 4.69) is 18.6 Å². The Balaban J connectivity index is 1.76. The van der Waals surface area contributed by atoms with Crippen molar-refractivity contribution in [2.45, 2.75) is 31.2 Å². The quantitative estimate of drug-likeness (QED) is 0.903. The molecule has 2 aromatic carbocycles. The minimum Gasteiger partial charge on any atom is -0.486 e. The zero-order valence-corrected chi connectivity index (χ0v) is 14.6. The predicted molar refractivity (Wildman–Crippen MR) is 92.0 cm³/mol. The van der Waals surface area contributed by atoms with Gasteiger partial charge in [0.25, 0.3) is 0 Å². The van der Waals surface area contributed by atoms with E-state index in [1.54, 1.807) is 12.1 Å². The van der Waals surface area contributed by atoms with Gasteiger partial charge in [0.15, 0.2) is 11.5 Å². The number of sulfonamides is 1. The number of benzene rings is 2. The van der Waals surface area contributed by atoms with Crippen molar-refractivity contribution in [1.82, 2.24) is 4.72 Å². The van der Waals surface area contributed by atoms with Crippen molar-refractivity contribution in [2.75, 3.05) is 13.2 Å². The summed E-state index contributed by atoms with van der Waals surface area (Å²) in [5.74, 6) is 1.63. The molecule has 0 saturated carbocycles. The number of nitrogens with one attached hydrogen (secondary N) is 1. The van der Waals surface area contributed by atoms with Gasteiger partial charge in [-0.2, -0.15) is 0 Å². The lowest BCUT2D eigenvalue weighted by Gasteiger charge is -2.21. The average Bonchev–Trinajstić information content (AvgIpc) is 2.60. The molecule has 1 N–H and O–H groups in total. The summed E-state index contributed by atoms with van der Waals surface area (Å²) in [5, 5.41) is 0. The third-order valence-electron chi connectivity index (χ3n) is 3.96. The van der Waals surface area contributed by atoms with E-state index in [9.17, 15) is 8.42 Å². The largest absolute Gasteiger partial charge is 0.486 e. The van der Waals surface area contributed by atoms with Crippen LogP contribution in [0.5, 0.6) is 11.5 Å². The number of fused-ring (bicyclic) bond motifs is 1. The smallest absolute Gasteiger partial charge is 0.240 e. The first-order chi connectivity index (χ1) is 11.5. The van der Waals surface area contributed by atoms with E-state index in [1.165, 1.54) is 0 Å². The van der Waals surface area contributed by atoms with Crippen LogP contribution in [-0.2, 0) is 16.6 Å². The van der Waals surface area contributed by atoms with Crippen molar-refractivity contribution >= 4 is 10.0 Å². The van der Waals surface area contributed by atoms with Crippen LogP contribution in [0.1, 0.15) is 30.9 Å². The van der Waals surface area contributed by atoms with Crippen molar-refractivity contribution in [3.63, 3.8) is 0 Å². The van der Waals surface area contributed by atoms with Crippen LogP contribution in [0.25, 0.3) is 0 Å². The molecule has 0 spiro atoms. The van der Waals surface area contributed by atoms with Gasteiger partial charge in [-0.3, -0.25) is 0 Å². The molecule has 0 unspecified atom stereocenters. The zero-order valence-electron chi connectivity index (χ0n) is 13.8. The van der Waals surface area contributed by atoms with E-state index in [4.69, 9.17) is 9.47 Å². The monoisotopic (exact) mass is 347 g/mol. The van der Waals surface area contributed by atoms with Crippen LogP contribution in [-0.4, -0.2) is 21.6 Å². The molecule has 6 heteroatoms. The molecule has 0 radical (unpaired) electrons. The number of hydrogen-bond acceptors (Lipinski definition) is 4. The van der Waals surface area contributed by atoms with Crippen LogP contribution < -0.4 is 14.2 Å². The normalized spacial score (nSPS) is 14.0. The van der Waals surface area contributed by atoms with Crippen LogP contribution >= 0.6 is 0 Å². The molecule has 0 aliphatic carbocycles. The second-order valence-corrected chi connectivity index (χ2v) is 7.76. The second-order valence-electron chi connectivity index (χ2n) is 5.99. The Kier molecular flexibility index (Phi) is 4.78. The van der Waals surface area contributed by atoms with Gasteiger partial charge in [0.2, 0.25) is 10.0 Å². The predicted octanol–water partition coefficient (Wildman–Crippen LogP) is 3.06. The van der Waals surface area contributed by atoms with Crippen LogP contribution in [0.3, 0.4) is 0 Å². The summed E-state index contributed by atoms with van der Waals surface area (Å²) in [6.07, 6.45) is 0. The Morgan fingerprint density at radius 3 is 2.46 bits per heavy atom. The van der Waals surface area contributed by atoms with Gasteiger partial charge in [0.05, 0.1) is 4.90 Å². The fourth-order valence-electron chi connectivity index (χ4n) is 2.56. The molecule has 1 heterocycles. The number of rotatable bonds is 5. The molecule has 1 aliphatic heterocycles. The molecule has 0 saturated heterocycles. The fraction of sp³-hybridized carbons (Fsp3) is 0.333. The van der Waals surface area contributed by atoms with Crippen molar-refractivity contribution < 1.29 is 17.9 Å². The second kappa shape index (κ2) is 6.83. The Labute approximate surface area is 142 Å². The first kappa shape index (κ1) is 16.8. The zero-order chi connectivity index (χ0) is 17.2. The molecule has 128 valence electrons. The molecule has 0 bridgehead atoms. The molecule has 1 aliphatic rings. The van der Waals surface area contributed by atoms with Gasteiger partial charge in [0, 0.05) is 12.1 Å². The Morgan fingerprint density at radius 2 is 1.75 bits per heavy atom. The maximum absolute atomic E-state index is 12.5. The van der Waals surface area contributed by atoms with Crippen LogP contribution in [0.2, 0.25) is 0 Å². The Morgan fingerprint density at radius 1 is 1.04 bits per heavy atom. The van der Waals surface area contributed by atoms with Crippen molar-refractivity contribution in [3.05, 3.63) is 53.6 Å². The summed E-state index contributed by atoms with van der Waals surface area (Å²) in [6.45, 7) is 5.27. The molecular weight excluding hydrogens is 326 g/mol. The van der Waals surface area contributed by atoms with E-state index in [1.807, 2.05) is 30.3 Å². The molecule has 0 fully saturated rings. The average molecular weight is 347 g/mol. The highest BCUT2D eigenvalue weighted by Gasteiger charge is 2.19. The maximum atomic E-state index is 12.5. The molecular formula is C18H21NO4S. The van der Waals surface area contributed by atoms with E-state index in [0.717, 1.165) is 11.1 Å². The molecule has 3 rings (SSSR count). The first-order valence-electron chi connectivity index (χ1n) is 7.94. The molecule has 2 aromatic rings. The molecule has 0 atom stereocenters. The van der Waals surface area contributed by atoms with Crippen LogP contribution in [0, 0.1) is 0 Å². The molecule has 5 nitrogen and oxygen atoms in total.